The van der Waals surface area contributed by atoms with E-state index < -0.39 is 0 Å². The summed E-state index contributed by atoms with van der Waals surface area (Å²) in [7, 11) is 0. The van der Waals surface area contributed by atoms with E-state index in [0.29, 0.717) is 5.92 Å². The molecule has 0 spiro atoms. The standard InChI is InChI=1S/C23H19ClN2/c24-18-13-10-17(11-14-18)23-21-15-12-16-6-4-5-9-20(16)22(21)25-26(23)19-7-2-1-3-8-19/h1-11,13-14,21,23H,12,15H2/t21-,23+/m0/s1. The number of benzene rings is 3. The van der Waals surface area contributed by atoms with Gasteiger partial charge in [0, 0.05) is 16.5 Å². The molecule has 5 rings (SSSR count). The zero-order valence-corrected chi connectivity index (χ0v) is 15.1. The molecule has 128 valence electrons. The van der Waals surface area contributed by atoms with Crippen LogP contribution in [-0.4, -0.2) is 5.71 Å². The van der Waals surface area contributed by atoms with Crippen molar-refractivity contribution in [3.8, 4) is 0 Å². The lowest BCUT2D eigenvalue weighted by Gasteiger charge is -2.30. The molecule has 0 amide bonds. The van der Waals surface area contributed by atoms with Crippen LogP contribution in [-0.2, 0) is 6.42 Å². The molecular formula is C23H19ClN2. The van der Waals surface area contributed by atoms with Crippen molar-refractivity contribution in [2.45, 2.75) is 18.9 Å². The van der Waals surface area contributed by atoms with Gasteiger partial charge in [-0.3, -0.25) is 5.01 Å². The van der Waals surface area contributed by atoms with Crippen molar-refractivity contribution in [1.82, 2.24) is 0 Å². The molecule has 1 aliphatic heterocycles. The predicted molar refractivity (Wildman–Crippen MR) is 108 cm³/mol. The average Bonchev–Trinajstić information content (AvgIpc) is 3.09. The summed E-state index contributed by atoms with van der Waals surface area (Å²) in [6.45, 7) is 0. The van der Waals surface area contributed by atoms with Gasteiger partial charge in [-0.2, -0.15) is 5.10 Å². The minimum Gasteiger partial charge on any atom is -0.257 e. The first-order valence-corrected chi connectivity index (χ1v) is 9.45. The van der Waals surface area contributed by atoms with Crippen LogP contribution in [0.5, 0.6) is 0 Å². The number of hydrogen-bond acceptors (Lipinski definition) is 2. The van der Waals surface area contributed by atoms with Crippen LogP contribution < -0.4 is 5.01 Å². The van der Waals surface area contributed by atoms with Gasteiger partial charge in [0.05, 0.1) is 17.4 Å². The first-order valence-electron chi connectivity index (χ1n) is 9.08. The zero-order chi connectivity index (χ0) is 17.5. The monoisotopic (exact) mass is 358 g/mol. The van der Waals surface area contributed by atoms with Crippen LogP contribution in [0.25, 0.3) is 0 Å². The molecule has 3 aromatic carbocycles. The fraction of sp³-hybridized carbons (Fsp3) is 0.174. The Balaban J connectivity index is 1.65. The fourth-order valence-corrected chi connectivity index (χ4v) is 4.38. The van der Waals surface area contributed by atoms with Crippen molar-refractivity contribution in [3.05, 3.63) is 101 Å². The highest BCUT2D eigenvalue weighted by Gasteiger charge is 2.41. The van der Waals surface area contributed by atoms with E-state index in [4.69, 9.17) is 16.7 Å². The second-order valence-corrected chi connectivity index (χ2v) is 7.40. The molecule has 0 N–H and O–H groups in total. The maximum atomic E-state index is 6.13. The number of aryl methyl sites for hydroxylation is 1. The van der Waals surface area contributed by atoms with Crippen molar-refractivity contribution in [2.24, 2.45) is 11.0 Å². The molecule has 3 heteroatoms. The van der Waals surface area contributed by atoms with Gasteiger partial charge in [0.1, 0.15) is 0 Å². The van der Waals surface area contributed by atoms with E-state index in [9.17, 15) is 0 Å². The molecule has 26 heavy (non-hydrogen) atoms. The maximum Gasteiger partial charge on any atom is 0.0860 e. The Bertz CT molecular complexity index is 963. The van der Waals surface area contributed by atoms with Gasteiger partial charge < -0.3 is 0 Å². The molecule has 3 aromatic rings. The predicted octanol–water partition coefficient (Wildman–Crippen LogP) is 5.87. The third-order valence-corrected chi connectivity index (χ3v) is 5.71. The Labute approximate surface area is 158 Å². The first-order chi connectivity index (χ1) is 12.8. The Morgan fingerprint density at radius 2 is 1.58 bits per heavy atom. The van der Waals surface area contributed by atoms with E-state index in [1.54, 1.807) is 0 Å². The Morgan fingerprint density at radius 3 is 2.38 bits per heavy atom. The first kappa shape index (κ1) is 15.7. The van der Waals surface area contributed by atoms with E-state index in [0.717, 1.165) is 23.6 Å². The summed E-state index contributed by atoms with van der Waals surface area (Å²) >= 11 is 6.13. The van der Waals surface area contributed by atoms with Crippen LogP contribution in [0, 0.1) is 5.92 Å². The van der Waals surface area contributed by atoms with E-state index in [-0.39, 0.29) is 6.04 Å². The molecule has 0 fully saturated rings. The van der Waals surface area contributed by atoms with E-state index >= 15 is 0 Å². The molecule has 0 unspecified atom stereocenters. The van der Waals surface area contributed by atoms with E-state index in [1.165, 1.54) is 22.4 Å². The summed E-state index contributed by atoms with van der Waals surface area (Å²) in [5, 5.41) is 8.09. The van der Waals surface area contributed by atoms with Crippen molar-refractivity contribution >= 4 is 23.0 Å². The summed E-state index contributed by atoms with van der Waals surface area (Å²) in [6.07, 6.45) is 2.22. The number of rotatable bonds is 2. The lowest BCUT2D eigenvalue weighted by molar-refractivity contribution is 0.510. The third-order valence-electron chi connectivity index (χ3n) is 5.46. The van der Waals surface area contributed by atoms with Gasteiger partial charge in [0.25, 0.3) is 0 Å². The highest BCUT2D eigenvalue weighted by molar-refractivity contribution is 6.30. The summed E-state index contributed by atoms with van der Waals surface area (Å²) in [5.74, 6) is 0.395. The normalized spacial score (nSPS) is 21.1. The molecule has 2 aliphatic rings. The number of para-hydroxylation sites is 1. The Kier molecular flexibility index (Phi) is 3.79. The van der Waals surface area contributed by atoms with Gasteiger partial charge in [0.2, 0.25) is 0 Å². The van der Waals surface area contributed by atoms with Gasteiger partial charge in [0.15, 0.2) is 0 Å². The average molecular weight is 359 g/mol. The number of anilines is 1. The minimum absolute atomic E-state index is 0.207. The molecule has 1 heterocycles. The van der Waals surface area contributed by atoms with Crippen molar-refractivity contribution in [2.75, 3.05) is 5.01 Å². The number of hydrazone groups is 1. The lowest BCUT2D eigenvalue weighted by atomic mass is 9.77. The second kappa shape index (κ2) is 6.30. The number of hydrogen-bond donors (Lipinski definition) is 0. The molecule has 0 aromatic heterocycles. The molecular weight excluding hydrogens is 340 g/mol. The molecule has 1 aliphatic carbocycles. The lowest BCUT2D eigenvalue weighted by Crippen LogP contribution is -2.28. The van der Waals surface area contributed by atoms with Gasteiger partial charge >= 0.3 is 0 Å². The molecule has 0 bridgehead atoms. The van der Waals surface area contributed by atoms with Crippen LogP contribution in [0.4, 0.5) is 5.69 Å². The SMILES string of the molecule is Clc1ccc([C@@H]2[C@H]3CCc4ccccc4C3=NN2c2ccccc2)cc1. The van der Waals surface area contributed by atoms with Crippen molar-refractivity contribution in [3.63, 3.8) is 0 Å². The van der Waals surface area contributed by atoms with Gasteiger partial charge in [-0.25, -0.2) is 0 Å². The van der Waals surface area contributed by atoms with Crippen LogP contribution in [0.1, 0.15) is 29.2 Å². The van der Waals surface area contributed by atoms with Crippen molar-refractivity contribution < 1.29 is 0 Å². The van der Waals surface area contributed by atoms with E-state index in [2.05, 4.69) is 65.7 Å². The second-order valence-electron chi connectivity index (χ2n) is 6.96. The quantitative estimate of drug-likeness (QED) is 0.559. The number of nitrogens with zero attached hydrogens (tertiary/aromatic N) is 2. The molecule has 0 saturated heterocycles. The third kappa shape index (κ3) is 2.53. The number of fused-ring (bicyclic) bond motifs is 3. The Morgan fingerprint density at radius 1 is 0.846 bits per heavy atom. The topological polar surface area (TPSA) is 15.6 Å². The summed E-state index contributed by atoms with van der Waals surface area (Å²) in [5.41, 5.74) is 6.33. The fourth-order valence-electron chi connectivity index (χ4n) is 4.25. The highest BCUT2D eigenvalue weighted by Crippen LogP contribution is 2.45. The molecule has 0 radical (unpaired) electrons. The molecule has 0 saturated carbocycles. The van der Waals surface area contributed by atoms with Gasteiger partial charge in [-0.05, 0) is 48.2 Å². The van der Waals surface area contributed by atoms with Crippen LogP contribution >= 0.6 is 11.6 Å². The zero-order valence-electron chi connectivity index (χ0n) is 14.3. The molecule has 2 atom stereocenters. The summed E-state index contributed by atoms with van der Waals surface area (Å²) < 4.78 is 0. The maximum absolute atomic E-state index is 6.13. The van der Waals surface area contributed by atoms with Gasteiger partial charge in [-0.15, -0.1) is 0 Å². The molecule has 2 nitrogen and oxygen atoms in total. The Hall–Kier alpha value is -2.58. The highest BCUT2D eigenvalue weighted by atomic mass is 35.5. The van der Waals surface area contributed by atoms with Gasteiger partial charge in [-0.1, -0.05) is 66.2 Å². The largest absolute Gasteiger partial charge is 0.257 e. The summed E-state index contributed by atoms with van der Waals surface area (Å²) in [4.78, 5) is 0. The van der Waals surface area contributed by atoms with Crippen molar-refractivity contribution in [1.29, 1.82) is 0 Å². The van der Waals surface area contributed by atoms with Crippen LogP contribution in [0.3, 0.4) is 0 Å². The smallest absolute Gasteiger partial charge is 0.0860 e. The van der Waals surface area contributed by atoms with Crippen LogP contribution in [0.15, 0.2) is 84.0 Å². The van der Waals surface area contributed by atoms with Crippen LogP contribution in [0.2, 0.25) is 5.02 Å². The minimum atomic E-state index is 0.207. The summed E-state index contributed by atoms with van der Waals surface area (Å²) in [6, 6.07) is 27.6. The van der Waals surface area contributed by atoms with E-state index in [1.807, 2.05) is 18.2 Å². The number of halogens is 1.